The summed E-state index contributed by atoms with van der Waals surface area (Å²) in [6, 6.07) is 8.32. The smallest absolute Gasteiger partial charge is 0.323 e. The van der Waals surface area contributed by atoms with Crippen molar-refractivity contribution in [1.29, 1.82) is 0 Å². The van der Waals surface area contributed by atoms with Crippen molar-refractivity contribution in [3.63, 3.8) is 0 Å². The lowest BCUT2D eigenvalue weighted by atomic mass is 9.77. The highest BCUT2D eigenvalue weighted by molar-refractivity contribution is 6.07. The van der Waals surface area contributed by atoms with Crippen LogP contribution in [0.3, 0.4) is 0 Å². The zero-order chi connectivity index (χ0) is 19.7. The Kier molecular flexibility index (Phi) is 5.43. The van der Waals surface area contributed by atoms with Gasteiger partial charge in [0.1, 0.15) is 5.54 Å². The van der Waals surface area contributed by atoms with Gasteiger partial charge >= 0.3 is 6.03 Å². The molecule has 6 heteroatoms. The molecular formula is C22H32N4O2. The molecule has 6 nitrogen and oxygen atoms in total. The van der Waals surface area contributed by atoms with Gasteiger partial charge in [-0.15, -0.1) is 0 Å². The summed E-state index contributed by atoms with van der Waals surface area (Å²) in [7, 11) is 0. The standard InChI is InChI=1S/C22H32N4O2/c1-17-7-9-22(10-8-17)20(27)26(21(28)23-22)16-25-13-11-24(12-14-25)15-19-6-4-3-5-18(19)2/h3-6,17H,7-16H2,1-2H3,(H,23,28). The van der Waals surface area contributed by atoms with Crippen molar-refractivity contribution < 1.29 is 9.59 Å². The van der Waals surface area contributed by atoms with Crippen molar-refractivity contribution in [2.75, 3.05) is 32.8 Å². The van der Waals surface area contributed by atoms with Crippen LogP contribution >= 0.6 is 0 Å². The molecule has 3 aliphatic rings. The van der Waals surface area contributed by atoms with Crippen LogP contribution in [0.25, 0.3) is 0 Å². The van der Waals surface area contributed by atoms with Crippen LogP contribution in [0.15, 0.2) is 24.3 Å². The lowest BCUT2D eigenvalue weighted by Gasteiger charge is -2.37. The van der Waals surface area contributed by atoms with Gasteiger partial charge in [-0.2, -0.15) is 0 Å². The van der Waals surface area contributed by atoms with E-state index in [1.54, 1.807) is 0 Å². The third kappa shape index (κ3) is 3.80. The second kappa shape index (κ2) is 7.84. The molecule has 4 rings (SSSR count). The first-order valence-electron chi connectivity index (χ1n) is 10.6. The van der Waals surface area contributed by atoms with Gasteiger partial charge in [0, 0.05) is 32.7 Å². The summed E-state index contributed by atoms with van der Waals surface area (Å²) in [4.78, 5) is 31.7. The topological polar surface area (TPSA) is 55.9 Å². The minimum Gasteiger partial charge on any atom is -0.323 e. The molecule has 2 aliphatic heterocycles. The molecule has 1 N–H and O–H groups in total. The maximum atomic E-state index is 13.0. The maximum absolute atomic E-state index is 13.0. The van der Waals surface area contributed by atoms with Crippen molar-refractivity contribution in [2.45, 2.75) is 51.6 Å². The molecule has 28 heavy (non-hydrogen) atoms. The van der Waals surface area contributed by atoms with Crippen molar-refractivity contribution in [3.05, 3.63) is 35.4 Å². The lowest BCUT2D eigenvalue weighted by Crippen LogP contribution is -2.52. The van der Waals surface area contributed by atoms with E-state index in [-0.39, 0.29) is 11.9 Å². The molecule has 0 radical (unpaired) electrons. The molecule has 1 spiro atoms. The molecule has 3 amide bonds. The Morgan fingerprint density at radius 1 is 1.04 bits per heavy atom. The Bertz CT molecular complexity index is 734. The highest BCUT2D eigenvalue weighted by atomic mass is 16.2. The van der Waals surface area contributed by atoms with Gasteiger partial charge in [0.25, 0.3) is 5.91 Å². The number of hydrogen-bond acceptors (Lipinski definition) is 4. The number of rotatable bonds is 4. The van der Waals surface area contributed by atoms with Crippen LogP contribution in [-0.2, 0) is 11.3 Å². The monoisotopic (exact) mass is 384 g/mol. The first-order valence-corrected chi connectivity index (χ1v) is 10.6. The molecule has 152 valence electrons. The summed E-state index contributed by atoms with van der Waals surface area (Å²) >= 11 is 0. The van der Waals surface area contributed by atoms with E-state index in [4.69, 9.17) is 0 Å². The number of carbonyl (C=O) groups is 2. The third-order valence-corrected chi connectivity index (χ3v) is 6.84. The number of amides is 3. The zero-order valence-corrected chi connectivity index (χ0v) is 17.1. The van der Waals surface area contributed by atoms with E-state index in [0.717, 1.165) is 58.4 Å². The fourth-order valence-electron chi connectivity index (χ4n) is 4.72. The summed E-state index contributed by atoms with van der Waals surface area (Å²) in [5.74, 6) is 0.637. The van der Waals surface area contributed by atoms with Gasteiger partial charge in [0.2, 0.25) is 0 Å². The number of piperazine rings is 1. The Morgan fingerprint density at radius 2 is 1.68 bits per heavy atom. The van der Waals surface area contributed by atoms with Crippen LogP contribution < -0.4 is 5.32 Å². The second-order valence-corrected chi connectivity index (χ2v) is 8.89. The summed E-state index contributed by atoms with van der Waals surface area (Å²) in [5, 5.41) is 3.03. The van der Waals surface area contributed by atoms with Crippen LogP contribution in [0.1, 0.15) is 43.7 Å². The number of nitrogens with zero attached hydrogens (tertiary/aromatic N) is 3. The summed E-state index contributed by atoms with van der Waals surface area (Å²) in [6.07, 6.45) is 3.58. The van der Waals surface area contributed by atoms with Crippen LogP contribution in [-0.4, -0.2) is 65.0 Å². The van der Waals surface area contributed by atoms with Crippen molar-refractivity contribution >= 4 is 11.9 Å². The van der Waals surface area contributed by atoms with Crippen LogP contribution in [0.4, 0.5) is 4.79 Å². The normalized spacial score (nSPS) is 29.5. The second-order valence-electron chi connectivity index (χ2n) is 8.89. The average Bonchev–Trinajstić information content (AvgIpc) is 2.92. The average molecular weight is 385 g/mol. The van der Waals surface area contributed by atoms with E-state index in [0.29, 0.717) is 12.6 Å². The Morgan fingerprint density at radius 3 is 2.36 bits per heavy atom. The predicted octanol–water partition coefficient (Wildman–Crippen LogP) is 2.57. The fourth-order valence-corrected chi connectivity index (χ4v) is 4.72. The maximum Gasteiger partial charge on any atom is 0.326 e. The van der Waals surface area contributed by atoms with Gasteiger partial charge in [0.15, 0.2) is 0 Å². The van der Waals surface area contributed by atoms with E-state index in [2.05, 4.69) is 53.2 Å². The molecule has 2 saturated heterocycles. The van der Waals surface area contributed by atoms with E-state index < -0.39 is 5.54 Å². The van der Waals surface area contributed by atoms with Gasteiger partial charge in [-0.1, -0.05) is 31.2 Å². The van der Waals surface area contributed by atoms with Gasteiger partial charge in [-0.25, -0.2) is 9.69 Å². The Balaban J connectivity index is 1.31. The third-order valence-electron chi connectivity index (χ3n) is 6.84. The lowest BCUT2D eigenvalue weighted by molar-refractivity contribution is -0.134. The molecule has 3 fully saturated rings. The molecule has 0 unspecified atom stereocenters. The van der Waals surface area contributed by atoms with E-state index in [1.807, 2.05) is 0 Å². The number of urea groups is 1. The molecule has 1 aromatic carbocycles. The van der Waals surface area contributed by atoms with E-state index in [1.165, 1.54) is 16.0 Å². The Labute approximate surface area is 167 Å². The van der Waals surface area contributed by atoms with E-state index in [9.17, 15) is 9.59 Å². The number of nitrogens with one attached hydrogen (secondary N) is 1. The molecule has 1 aliphatic carbocycles. The van der Waals surface area contributed by atoms with Crippen LogP contribution in [0.2, 0.25) is 0 Å². The van der Waals surface area contributed by atoms with Gasteiger partial charge in [0.05, 0.1) is 6.67 Å². The molecular weight excluding hydrogens is 352 g/mol. The molecule has 2 heterocycles. The number of carbonyl (C=O) groups excluding carboxylic acids is 2. The molecule has 0 bridgehead atoms. The summed E-state index contributed by atoms with van der Waals surface area (Å²) in [5.41, 5.74) is 2.07. The summed E-state index contributed by atoms with van der Waals surface area (Å²) < 4.78 is 0. The van der Waals surface area contributed by atoms with Crippen molar-refractivity contribution in [3.8, 4) is 0 Å². The largest absolute Gasteiger partial charge is 0.326 e. The fraction of sp³-hybridized carbons (Fsp3) is 0.636. The quantitative estimate of drug-likeness (QED) is 0.811. The summed E-state index contributed by atoms with van der Waals surface area (Å²) in [6.45, 7) is 9.44. The minimum absolute atomic E-state index is 0.00765. The predicted molar refractivity (Wildman–Crippen MR) is 109 cm³/mol. The van der Waals surface area contributed by atoms with Gasteiger partial charge in [-0.3, -0.25) is 14.6 Å². The van der Waals surface area contributed by atoms with Crippen molar-refractivity contribution in [2.24, 2.45) is 5.92 Å². The molecule has 0 atom stereocenters. The van der Waals surface area contributed by atoms with E-state index >= 15 is 0 Å². The Hall–Kier alpha value is -1.92. The van der Waals surface area contributed by atoms with Crippen LogP contribution in [0, 0.1) is 12.8 Å². The van der Waals surface area contributed by atoms with Crippen LogP contribution in [0.5, 0.6) is 0 Å². The number of imide groups is 1. The first kappa shape index (κ1) is 19.4. The molecule has 1 saturated carbocycles. The molecule has 0 aromatic heterocycles. The van der Waals surface area contributed by atoms with Gasteiger partial charge in [-0.05, 0) is 49.7 Å². The zero-order valence-electron chi connectivity index (χ0n) is 17.1. The number of benzene rings is 1. The SMILES string of the molecule is Cc1ccccc1CN1CCN(CN2C(=O)NC3(CCC(C)CC3)C2=O)CC1. The highest BCUT2D eigenvalue weighted by Crippen LogP contribution is 2.36. The highest BCUT2D eigenvalue weighted by Gasteiger charge is 2.52. The molecule has 1 aromatic rings. The first-order chi connectivity index (χ1) is 13.5. The van der Waals surface area contributed by atoms with Crippen molar-refractivity contribution in [1.82, 2.24) is 20.0 Å². The van der Waals surface area contributed by atoms with Gasteiger partial charge < -0.3 is 5.32 Å². The number of aryl methyl sites for hydroxylation is 1. The minimum atomic E-state index is -0.629. The number of hydrogen-bond donors (Lipinski definition) is 1.